The summed E-state index contributed by atoms with van der Waals surface area (Å²) in [6.07, 6.45) is 5.69. The average molecular weight is 501 g/mol. The summed E-state index contributed by atoms with van der Waals surface area (Å²) in [7, 11) is 0. The number of allylic oxidation sites excluding steroid dienone is 1. The van der Waals surface area contributed by atoms with E-state index in [0.717, 1.165) is 46.7 Å². The first kappa shape index (κ1) is 23.7. The summed E-state index contributed by atoms with van der Waals surface area (Å²) in [5.74, 6) is 0.998. The van der Waals surface area contributed by atoms with Crippen molar-refractivity contribution < 1.29 is 14.3 Å². The molecule has 0 aliphatic carbocycles. The Kier molecular flexibility index (Phi) is 6.04. The lowest BCUT2D eigenvalue weighted by Crippen LogP contribution is -2.33. The number of carbonyl (C=O) groups is 1. The van der Waals surface area contributed by atoms with E-state index in [1.54, 1.807) is 6.21 Å². The zero-order valence-electron chi connectivity index (χ0n) is 21.4. The van der Waals surface area contributed by atoms with E-state index < -0.39 is 5.60 Å². The van der Waals surface area contributed by atoms with E-state index >= 15 is 0 Å². The molecule has 4 aromatic carbocycles. The van der Waals surface area contributed by atoms with Crippen molar-refractivity contribution >= 4 is 29.6 Å². The Morgan fingerprint density at radius 2 is 1.61 bits per heavy atom. The summed E-state index contributed by atoms with van der Waals surface area (Å²) in [6, 6.07) is 29.6. The molecule has 5 heteroatoms. The SMILES string of the molecule is CCN(CC)c1ccc2c(c1)Oc1ccc(N=CC=Cc3ccccc3)cc1C21OC(=O)c2ccccc21. The van der Waals surface area contributed by atoms with Crippen LogP contribution in [-0.2, 0) is 10.3 Å². The third kappa shape index (κ3) is 3.88. The molecular weight excluding hydrogens is 472 g/mol. The molecule has 0 saturated carbocycles. The second kappa shape index (κ2) is 9.67. The van der Waals surface area contributed by atoms with Gasteiger partial charge in [-0.2, -0.15) is 0 Å². The number of fused-ring (bicyclic) bond motifs is 6. The van der Waals surface area contributed by atoms with Crippen molar-refractivity contribution in [1.29, 1.82) is 0 Å². The monoisotopic (exact) mass is 500 g/mol. The van der Waals surface area contributed by atoms with Gasteiger partial charge in [-0.3, -0.25) is 4.99 Å². The number of nitrogens with zero attached hydrogens (tertiary/aromatic N) is 2. The largest absolute Gasteiger partial charge is 0.456 e. The average Bonchev–Trinajstić information content (AvgIpc) is 3.25. The normalized spacial score (nSPS) is 17.3. The van der Waals surface area contributed by atoms with Gasteiger partial charge in [-0.1, -0.05) is 54.6 Å². The Balaban J connectivity index is 1.46. The molecule has 1 unspecified atom stereocenters. The van der Waals surface area contributed by atoms with E-state index in [0.29, 0.717) is 17.1 Å². The minimum Gasteiger partial charge on any atom is -0.456 e. The highest BCUT2D eigenvalue weighted by Crippen LogP contribution is 2.57. The third-order valence-electron chi connectivity index (χ3n) is 7.21. The number of esters is 1. The van der Waals surface area contributed by atoms with Crippen LogP contribution in [0.25, 0.3) is 6.08 Å². The van der Waals surface area contributed by atoms with Crippen molar-refractivity contribution in [3.05, 3.63) is 125 Å². The molecule has 4 aromatic rings. The van der Waals surface area contributed by atoms with Crippen LogP contribution in [0.4, 0.5) is 11.4 Å². The highest BCUT2D eigenvalue weighted by molar-refractivity contribution is 5.97. The zero-order chi connectivity index (χ0) is 26.1. The fraction of sp³-hybridized carbons (Fsp3) is 0.152. The van der Waals surface area contributed by atoms with Crippen LogP contribution >= 0.6 is 0 Å². The number of benzene rings is 4. The highest BCUT2D eigenvalue weighted by Gasteiger charge is 2.53. The van der Waals surface area contributed by atoms with Gasteiger partial charge in [0, 0.05) is 47.7 Å². The lowest BCUT2D eigenvalue weighted by Gasteiger charge is -2.37. The molecule has 6 rings (SSSR count). The number of carbonyl (C=O) groups excluding carboxylic acids is 1. The first-order valence-corrected chi connectivity index (χ1v) is 12.9. The van der Waals surface area contributed by atoms with E-state index in [2.05, 4.69) is 29.8 Å². The number of anilines is 1. The van der Waals surface area contributed by atoms with Gasteiger partial charge in [0.1, 0.15) is 11.5 Å². The van der Waals surface area contributed by atoms with Gasteiger partial charge in [0.2, 0.25) is 0 Å². The van der Waals surface area contributed by atoms with Crippen LogP contribution in [0.1, 0.15) is 46.5 Å². The van der Waals surface area contributed by atoms with Gasteiger partial charge in [-0.25, -0.2) is 4.79 Å². The molecule has 1 spiro atoms. The Hall–Kier alpha value is -4.64. The molecule has 5 nitrogen and oxygen atoms in total. The van der Waals surface area contributed by atoms with E-state index in [-0.39, 0.29) is 5.97 Å². The molecule has 0 bridgehead atoms. The van der Waals surface area contributed by atoms with Crippen molar-refractivity contribution in [2.24, 2.45) is 4.99 Å². The summed E-state index contributed by atoms with van der Waals surface area (Å²) in [6.45, 7) is 6.03. The van der Waals surface area contributed by atoms with E-state index in [9.17, 15) is 4.79 Å². The lowest BCUT2D eigenvalue weighted by atomic mass is 9.77. The molecule has 38 heavy (non-hydrogen) atoms. The number of ether oxygens (including phenoxy) is 2. The van der Waals surface area contributed by atoms with Crippen molar-refractivity contribution in [3.63, 3.8) is 0 Å². The quantitative estimate of drug-likeness (QED) is 0.203. The van der Waals surface area contributed by atoms with Gasteiger partial charge in [-0.15, -0.1) is 0 Å². The zero-order valence-corrected chi connectivity index (χ0v) is 21.4. The maximum atomic E-state index is 13.1. The Morgan fingerprint density at radius 3 is 2.42 bits per heavy atom. The summed E-state index contributed by atoms with van der Waals surface area (Å²) in [4.78, 5) is 20.1. The van der Waals surface area contributed by atoms with E-state index in [1.807, 2.05) is 97.1 Å². The highest BCUT2D eigenvalue weighted by atomic mass is 16.6. The van der Waals surface area contributed by atoms with Gasteiger partial charge in [0.05, 0.1) is 11.3 Å². The number of rotatable bonds is 6. The summed E-state index contributed by atoms with van der Waals surface area (Å²) >= 11 is 0. The molecule has 0 N–H and O–H groups in total. The van der Waals surface area contributed by atoms with Gasteiger partial charge in [0.15, 0.2) is 5.60 Å². The Labute approximate surface area is 222 Å². The predicted molar refractivity (Wildman–Crippen MR) is 152 cm³/mol. The van der Waals surface area contributed by atoms with Crippen LogP contribution in [0.5, 0.6) is 11.5 Å². The van der Waals surface area contributed by atoms with Crippen LogP contribution in [0.3, 0.4) is 0 Å². The molecule has 0 fully saturated rings. The van der Waals surface area contributed by atoms with Crippen molar-refractivity contribution in [3.8, 4) is 11.5 Å². The van der Waals surface area contributed by atoms with Crippen molar-refractivity contribution in [2.75, 3.05) is 18.0 Å². The molecule has 0 aromatic heterocycles. The van der Waals surface area contributed by atoms with Crippen LogP contribution in [0.15, 0.2) is 102 Å². The molecule has 2 aliphatic heterocycles. The maximum Gasteiger partial charge on any atom is 0.340 e. The van der Waals surface area contributed by atoms with Gasteiger partial charge in [-0.05, 0) is 61.9 Å². The van der Waals surface area contributed by atoms with E-state index in [1.165, 1.54) is 0 Å². The second-order valence-electron chi connectivity index (χ2n) is 9.30. The van der Waals surface area contributed by atoms with Gasteiger partial charge >= 0.3 is 5.97 Å². The molecule has 0 amide bonds. The first-order valence-electron chi connectivity index (χ1n) is 12.9. The standard InChI is InChI=1S/C33H28N2O3/c1-3-35(4-2)25-17-18-28-31(22-25)37-30-19-16-24(34-20-10-13-23-11-6-5-7-12-23)21-29(30)33(28)27-15-9-8-14-26(27)32(36)38-33/h5-22H,3-4H2,1-2H3. The summed E-state index contributed by atoms with van der Waals surface area (Å²) in [5.41, 5.74) is 4.76. The molecule has 2 heterocycles. The first-order chi connectivity index (χ1) is 18.6. The van der Waals surface area contributed by atoms with Crippen molar-refractivity contribution in [2.45, 2.75) is 19.4 Å². The third-order valence-corrected chi connectivity index (χ3v) is 7.21. The topological polar surface area (TPSA) is 51.1 Å². The fourth-order valence-electron chi connectivity index (χ4n) is 5.36. The van der Waals surface area contributed by atoms with Crippen LogP contribution in [0, 0.1) is 0 Å². The number of hydrogen-bond acceptors (Lipinski definition) is 5. The number of hydrogen-bond donors (Lipinski definition) is 0. The molecule has 0 radical (unpaired) electrons. The van der Waals surface area contributed by atoms with Gasteiger partial charge < -0.3 is 14.4 Å². The second-order valence-corrected chi connectivity index (χ2v) is 9.30. The minimum atomic E-state index is -1.11. The molecular formula is C33H28N2O3. The smallest absolute Gasteiger partial charge is 0.340 e. The molecule has 188 valence electrons. The molecule has 1 atom stereocenters. The lowest BCUT2D eigenvalue weighted by molar-refractivity contribution is 0.0224. The minimum absolute atomic E-state index is 0.341. The van der Waals surface area contributed by atoms with Gasteiger partial charge in [0.25, 0.3) is 0 Å². The van der Waals surface area contributed by atoms with Crippen LogP contribution in [-0.4, -0.2) is 25.3 Å². The predicted octanol–water partition coefficient (Wildman–Crippen LogP) is 7.52. The van der Waals surface area contributed by atoms with E-state index in [4.69, 9.17) is 9.47 Å². The molecule has 0 saturated heterocycles. The van der Waals surface area contributed by atoms with Crippen LogP contribution < -0.4 is 9.64 Å². The Morgan fingerprint density at radius 1 is 0.816 bits per heavy atom. The Bertz CT molecular complexity index is 1570. The summed E-state index contributed by atoms with van der Waals surface area (Å²) in [5, 5.41) is 0. The molecule has 2 aliphatic rings. The summed E-state index contributed by atoms with van der Waals surface area (Å²) < 4.78 is 12.8. The maximum absolute atomic E-state index is 13.1. The number of aliphatic imine (C=N–C) groups is 1. The fourth-order valence-corrected chi connectivity index (χ4v) is 5.36. The van der Waals surface area contributed by atoms with Crippen LogP contribution in [0.2, 0.25) is 0 Å². The van der Waals surface area contributed by atoms with Crippen molar-refractivity contribution in [1.82, 2.24) is 0 Å².